The van der Waals surface area contributed by atoms with Crippen LogP contribution in [0.15, 0.2) is 18.5 Å². The molecule has 2 aromatic rings. The van der Waals surface area contributed by atoms with Crippen LogP contribution >= 0.6 is 0 Å². The first-order valence-corrected chi connectivity index (χ1v) is 12.6. The van der Waals surface area contributed by atoms with E-state index in [0.717, 1.165) is 73.5 Å². The van der Waals surface area contributed by atoms with E-state index >= 15 is 0 Å². The number of methoxy groups -OCH3 is 1. The van der Waals surface area contributed by atoms with Crippen LogP contribution in [0.3, 0.4) is 0 Å². The highest BCUT2D eigenvalue weighted by Crippen LogP contribution is 2.49. The molecular formula is C27H38N6O2. The largest absolute Gasteiger partial charge is 0.488 e. The minimum absolute atomic E-state index is 0.179. The first kappa shape index (κ1) is 25.2. The lowest BCUT2D eigenvalue weighted by molar-refractivity contribution is 0.135. The topological polar surface area (TPSA) is 109 Å². The maximum atomic E-state index is 9.22. The second-order valence-corrected chi connectivity index (χ2v) is 10.3. The summed E-state index contributed by atoms with van der Waals surface area (Å²) in [6.45, 7) is 6.65. The van der Waals surface area contributed by atoms with Crippen LogP contribution in [0.25, 0.3) is 11.3 Å². The predicted molar refractivity (Wildman–Crippen MR) is 139 cm³/mol. The number of aromatic nitrogens is 2. The zero-order chi connectivity index (χ0) is 25.0. The number of rotatable bonds is 9. The van der Waals surface area contributed by atoms with E-state index < -0.39 is 0 Å². The van der Waals surface area contributed by atoms with E-state index in [2.05, 4.69) is 52.2 Å². The van der Waals surface area contributed by atoms with Crippen molar-refractivity contribution in [2.75, 3.05) is 44.5 Å². The first-order chi connectivity index (χ1) is 16.9. The van der Waals surface area contributed by atoms with Crippen LogP contribution in [-0.4, -0.2) is 56.0 Å². The Kier molecular flexibility index (Phi) is 7.78. The van der Waals surface area contributed by atoms with Crippen molar-refractivity contribution in [2.24, 2.45) is 0 Å². The van der Waals surface area contributed by atoms with Crippen molar-refractivity contribution in [1.82, 2.24) is 15.3 Å². The summed E-state index contributed by atoms with van der Waals surface area (Å²) in [5.74, 6) is 1.43. The van der Waals surface area contributed by atoms with Crippen molar-refractivity contribution in [2.45, 2.75) is 69.9 Å². The van der Waals surface area contributed by atoms with E-state index in [0.29, 0.717) is 24.8 Å². The standard InChI is InChI=1S/C27H38N6O2/c1-27(2)16-21-20(24-23(27)26(29)32-17-31-24)10-11-22(25(21)33(3)14-5-12-28)35-19-8-6-18(7-9-19)30-13-15-34-4/h10-11,17-19,30H,5-9,13-16H2,1-4H3,(H2,29,31,32). The molecule has 188 valence electrons. The summed E-state index contributed by atoms with van der Waals surface area (Å²) in [6.07, 6.45) is 7.19. The Morgan fingerprint density at radius 1 is 1.23 bits per heavy atom. The Morgan fingerprint density at radius 2 is 2.00 bits per heavy atom. The van der Waals surface area contributed by atoms with Crippen LogP contribution in [0.2, 0.25) is 0 Å². The van der Waals surface area contributed by atoms with Gasteiger partial charge >= 0.3 is 0 Å². The molecule has 1 aromatic carbocycles. The summed E-state index contributed by atoms with van der Waals surface area (Å²) in [4.78, 5) is 11.1. The molecule has 0 bridgehead atoms. The third kappa shape index (κ3) is 5.36. The number of benzene rings is 1. The maximum absolute atomic E-state index is 9.22. The lowest BCUT2D eigenvalue weighted by Gasteiger charge is -2.37. The van der Waals surface area contributed by atoms with E-state index in [4.69, 9.17) is 15.2 Å². The molecule has 2 aliphatic rings. The fourth-order valence-corrected chi connectivity index (χ4v) is 5.59. The molecule has 1 saturated carbocycles. The summed E-state index contributed by atoms with van der Waals surface area (Å²) in [5.41, 5.74) is 11.3. The third-order valence-corrected chi connectivity index (χ3v) is 7.32. The number of anilines is 2. The van der Waals surface area contributed by atoms with Gasteiger partial charge in [0.25, 0.3) is 0 Å². The van der Waals surface area contributed by atoms with E-state index in [-0.39, 0.29) is 11.5 Å². The number of nitriles is 1. The number of nitrogens with zero attached hydrogens (tertiary/aromatic N) is 4. The van der Waals surface area contributed by atoms with Gasteiger partial charge in [-0.25, -0.2) is 9.97 Å². The molecule has 4 rings (SSSR count). The molecule has 0 saturated heterocycles. The van der Waals surface area contributed by atoms with Crippen molar-refractivity contribution in [1.29, 1.82) is 5.26 Å². The van der Waals surface area contributed by atoms with Gasteiger partial charge in [-0.05, 0) is 55.2 Å². The lowest BCUT2D eigenvalue weighted by atomic mass is 9.71. The van der Waals surface area contributed by atoms with Crippen LogP contribution in [0.5, 0.6) is 5.75 Å². The van der Waals surface area contributed by atoms with Gasteiger partial charge in [0.1, 0.15) is 17.9 Å². The monoisotopic (exact) mass is 478 g/mol. The molecule has 0 atom stereocenters. The van der Waals surface area contributed by atoms with Crippen LogP contribution < -0.4 is 20.7 Å². The van der Waals surface area contributed by atoms with Crippen molar-refractivity contribution in [3.8, 4) is 23.1 Å². The van der Waals surface area contributed by atoms with Crippen molar-refractivity contribution < 1.29 is 9.47 Å². The molecule has 1 heterocycles. The highest BCUT2D eigenvalue weighted by molar-refractivity contribution is 5.83. The molecule has 0 radical (unpaired) electrons. The molecule has 8 nitrogen and oxygen atoms in total. The van der Waals surface area contributed by atoms with Gasteiger partial charge in [0.2, 0.25) is 0 Å². The number of nitrogen functional groups attached to an aromatic ring is 1. The Hall–Kier alpha value is -2.89. The van der Waals surface area contributed by atoms with Crippen LogP contribution in [0.4, 0.5) is 11.5 Å². The molecule has 1 aromatic heterocycles. The van der Waals surface area contributed by atoms with Gasteiger partial charge in [-0.2, -0.15) is 5.26 Å². The van der Waals surface area contributed by atoms with Crippen LogP contribution in [0.1, 0.15) is 57.1 Å². The second-order valence-electron chi connectivity index (χ2n) is 10.3. The Labute approximate surface area is 208 Å². The van der Waals surface area contributed by atoms with E-state index in [1.54, 1.807) is 13.4 Å². The summed E-state index contributed by atoms with van der Waals surface area (Å²) < 4.78 is 11.8. The fourth-order valence-electron chi connectivity index (χ4n) is 5.59. The number of fused-ring (bicyclic) bond motifs is 3. The van der Waals surface area contributed by atoms with Gasteiger partial charge in [0.15, 0.2) is 0 Å². The van der Waals surface area contributed by atoms with Crippen LogP contribution in [-0.2, 0) is 16.6 Å². The van der Waals surface area contributed by atoms with Gasteiger partial charge in [0, 0.05) is 44.4 Å². The number of ether oxygens (including phenoxy) is 2. The number of hydrogen-bond acceptors (Lipinski definition) is 8. The van der Waals surface area contributed by atoms with Crippen LogP contribution in [0, 0.1) is 11.3 Å². The minimum Gasteiger partial charge on any atom is -0.488 e. The van der Waals surface area contributed by atoms with Gasteiger partial charge in [0.05, 0.1) is 36.6 Å². The smallest absolute Gasteiger partial charge is 0.143 e. The summed E-state index contributed by atoms with van der Waals surface area (Å²) in [6, 6.07) is 6.99. The van der Waals surface area contributed by atoms with Gasteiger partial charge in [-0.1, -0.05) is 13.8 Å². The van der Waals surface area contributed by atoms with Crippen molar-refractivity contribution >= 4 is 11.5 Å². The number of nitrogens with two attached hydrogens (primary N) is 1. The van der Waals surface area contributed by atoms with Crippen molar-refractivity contribution in [3.05, 3.63) is 29.6 Å². The molecule has 35 heavy (non-hydrogen) atoms. The minimum atomic E-state index is -0.219. The summed E-state index contributed by atoms with van der Waals surface area (Å²) in [7, 11) is 3.78. The lowest BCUT2D eigenvalue weighted by Crippen LogP contribution is -2.38. The summed E-state index contributed by atoms with van der Waals surface area (Å²) in [5, 5.41) is 12.8. The maximum Gasteiger partial charge on any atom is 0.143 e. The zero-order valence-corrected chi connectivity index (χ0v) is 21.4. The number of nitrogens with one attached hydrogen (secondary N) is 1. The zero-order valence-electron chi connectivity index (χ0n) is 21.4. The fraction of sp³-hybridized carbons (Fsp3) is 0.593. The molecule has 1 fully saturated rings. The third-order valence-electron chi connectivity index (χ3n) is 7.32. The molecule has 3 N–H and O–H groups in total. The van der Waals surface area contributed by atoms with E-state index in [1.807, 2.05) is 7.05 Å². The molecule has 2 aliphatic carbocycles. The van der Waals surface area contributed by atoms with Gasteiger partial charge < -0.3 is 25.4 Å². The van der Waals surface area contributed by atoms with Crippen molar-refractivity contribution in [3.63, 3.8) is 0 Å². The number of hydrogen-bond donors (Lipinski definition) is 2. The predicted octanol–water partition coefficient (Wildman–Crippen LogP) is 3.84. The normalized spacial score (nSPS) is 20.4. The average Bonchev–Trinajstić information content (AvgIpc) is 2.83. The Bertz CT molecular complexity index is 1070. The van der Waals surface area contributed by atoms with Gasteiger partial charge in [-0.15, -0.1) is 0 Å². The molecule has 8 heteroatoms. The molecule has 0 amide bonds. The highest BCUT2D eigenvalue weighted by Gasteiger charge is 2.37. The molecular weight excluding hydrogens is 440 g/mol. The van der Waals surface area contributed by atoms with E-state index in [9.17, 15) is 5.26 Å². The highest BCUT2D eigenvalue weighted by atomic mass is 16.5. The second kappa shape index (κ2) is 10.8. The van der Waals surface area contributed by atoms with E-state index in [1.165, 1.54) is 5.56 Å². The SMILES string of the molecule is COCCNC1CCC(Oc2ccc3c(c2N(C)CCC#N)CC(C)(C)c2c(N)ncnc2-3)CC1. The average molecular weight is 479 g/mol. The Morgan fingerprint density at radius 3 is 2.71 bits per heavy atom. The quantitative estimate of drug-likeness (QED) is 0.523. The first-order valence-electron chi connectivity index (χ1n) is 12.6. The molecule has 0 unspecified atom stereocenters. The molecule has 0 spiro atoms. The Balaban J connectivity index is 1.64. The van der Waals surface area contributed by atoms with Gasteiger partial charge in [-0.3, -0.25) is 0 Å². The molecule has 0 aliphatic heterocycles. The summed E-state index contributed by atoms with van der Waals surface area (Å²) >= 11 is 0.